The van der Waals surface area contributed by atoms with Crippen molar-refractivity contribution in [3.63, 3.8) is 0 Å². The van der Waals surface area contributed by atoms with Gasteiger partial charge in [0.15, 0.2) is 0 Å². The number of aryl methyl sites for hydroxylation is 1. The number of thioether (sulfide) groups is 1. The second-order valence-corrected chi connectivity index (χ2v) is 8.16. The van der Waals surface area contributed by atoms with Crippen LogP contribution >= 0.6 is 34.4 Å². The van der Waals surface area contributed by atoms with Crippen LogP contribution < -0.4 is 5.32 Å². The first-order chi connectivity index (χ1) is 13.0. The van der Waals surface area contributed by atoms with E-state index in [1.54, 1.807) is 18.2 Å². The Hall–Kier alpha value is -2.13. The van der Waals surface area contributed by atoms with Gasteiger partial charge in [0.2, 0.25) is 5.91 Å². The molecule has 1 heterocycles. The summed E-state index contributed by atoms with van der Waals surface area (Å²) in [4.78, 5) is 38.2. The minimum absolute atomic E-state index is 0.301. The molecule has 7 heteroatoms. The summed E-state index contributed by atoms with van der Waals surface area (Å²) >= 11 is 3.05. The third-order valence-electron chi connectivity index (χ3n) is 3.99. The van der Waals surface area contributed by atoms with Crippen molar-refractivity contribution < 1.29 is 14.4 Å². The van der Waals surface area contributed by atoms with E-state index >= 15 is 0 Å². The zero-order valence-electron chi connectivity index (χ0n) is 14.6. The van der Waals surface area contributed by atoms with Gasteiger partial charge in [-0.3, -0.25) is 19.3 Å². The third-order valence-corrected chi connectivity index (χ3v) is 5.62. The molecule has 0 spiro atoms. The molecular formula is C20H17IN2O3S. The largest absolute Gasteiger partial charge is 0.325 e. The molecule has 5 nitrogen and oxygen atoms in total. The number of hydrogen-bond acceptors (Lipinski definition) is 4. The molecule has 0 aliphatic carbocycles. The molecule has 2 aromatic rings. The molecule has 1 N–H and O–H groups in total. The quantitative estimate of drug-likeness (QED) is 0.492. The summed E-state index contributed by atoms with van der Waals surface area (Å²) < 4.78 is 1.08. The van der Waals surface area contributed by atoms with Crippen molar-refractivity contribution in [1.29, 1.82) is 0 Å². The lowest BCUT2D eigenvalue weighted by molar-refractivity contribution is -0.127. The second-order valence-electron chi connectivity index (χ2n) is 5.92. The Labute approximate surface area is 175 Å². The van der Waals surface area contributed by atoms with E-state index in [0.29, 0.717) is 10.6 Å². The minimum atomic E-state index is -0.444. The van der Waals surface area contributed by atoms with Crippen molar-refractivity contribution in [3.05, 3.63) is 68.1 Å². The Bertz CT molecular complexity index is 908. The highest BCUT2D eigenvalue weighted by molar-refractivity contribution is 14.1. The van der Waals surface area contributed by atoms with Gasteiger partial charge in [-0.15, -0.1) is 0 Å². The first kappa shape index (κ1) is 19.6. The van der Waals surface area contributed by atoms with Crippen LogP contribution in [0.1, 0.15) is 18.1 Å². The number of carbonyl (C=O) groups excluding carboxylic acids is 3. The maximum Gasteiger partial charge on any atom is 0.294 e. The predicted molar refractivity (Wildman–Crippen MR) is 116 cm³/mol. The smallest absolute Gasteiger partial charge is 0.294 e. The summed E-state index contributed by atoms with van der Waals surface area (Å²) in [6.45, 7) is 1.75. The van der Waals surface area contributed by atoms with E-state index in [-0.39, 0.29) is 6.54 Å². The maximum atomic E-state index is 12.5. The fraction of sp³-hybridized carbons (Fsp3) is 0.150. The van der Waals surface area contributed by atoms with Gasteiger partial charge in [0.05, 0.1) is 4.91 Å². The summed E-state index contributed by atoms with van der Waals surface area (Å²) in [5, 5.41) is 2.28. The molecule has 0 saturated carbocycles. The Morgan fingerprint density at radius 1 is 1.11 bits per heavy atom. The molecule has 1 aliphatic rings. The lowest BCUT2D eigenvalue weighted by Crippen LogP contribution is -2.36. The van der Waals surface area contributed by atoms with Crippen LogP contribution in [0.4, 0.5) is 10.5 Å². The zero-order valence-corrected chi connectivity index (χ0v) is 17.5. The fourth-order valence-electron chi connectivity index (χ4n) is 2.51. The molecule has 27 heavy (non-hydrogen) atoms. The lowest BCUT2D eigenvalue weighted by atomic mass is 10.1. The zero-order chi connectivity index (χ0) is 19.4. The second kappa shape index (κ2) is 8.71. The highest BCUT2D eigenvalue weighted by Gasteiger charge is 2.36. The Morgan fingerprint density at radius 2 is 1.78 bits per heavy atom. The van der Waals surface area contributed by atoms with E-state index in [0.717, 1.165) is 32.2 Å². The Morgan fingerprint density at radius 3 is 2.41 bits per heavy atom. The van der Waals surface area contributed by atoms with Gasteiger partial charge in [-0.05, 0) is 82.2 Å². The van der Waals surface area contributed by atoms with Gasteiger partial charge in [-0.2, -0.15) is 0 Å². The first-order valence-corrected chi connectivity index (χ1v) is 10.3. The highest BCUT2D eigenvalue weighted by Crippen LogP contribution is 2.32. The van der Waals surface area contributed by atoms with Gasteiger partial charge in [-0.1, -0.05) is 31.2 Å². The number of hydrogen-bond donors (Lipinski definition) is 1. The van der Waals surface area contributed by atoms with Crippen molar-refractivity contribution in [3.8, 4) is 0 Å². The minimum Gasteiger partial charge on any atom is -0.325 e. The Kier molecular flexibility index (Phi) is 6.33. The average molecular weight is 492 g/mol. The van der Waals surface area contributed by atoms with E-state index in [1.165, 1.54) is 5.56 Å². The third kappa shape index (κ3) is 4.98. The SMILES string of the molecule is CCc1ccc(NC(=O)CN2C(=O)SC(=Cc3ccc(I)cc3)C2=O)cc1. The van der Waals surface area contributed by atoms with Crippen molar-refractivity contribution in [1.82, 2.24) is 4.90 Å². The molecule has 1 aliphatic heterocycles. The number of imide groups is 1. The number of anilines is 1. The van der Waals surface area contributed by atoms with Crippen LogP contribution in [0.3, 0.4) is 0 Å². The molecule has 0 aromatic heterocycles. The van der Waals surface area contributed by atoms with Crippen LogP contribution in [0, 0.1) is 3.57 Å². The molecule has 0 radical (unpaired) electrons. The molecule has 3 amide bonds. The summed E-state index contributed by atoms with van der Waals surface area (Å²) in [7, 11) is 0. The van der Waals surface area contributed by atoms with E-state index < -0.39 is 17.1 Å². The van der Waals surface area contributed by atoms with Gasteiger partial charge < -0.3 is 5.32 Å². The number of rotatable bonds is 5. The van der Waals surface area contributed by atoms with Crippen molar-refractivity contribution in [2.24, 2.45) is 0 Å². The van der Waals surface area contributed by atoms with E-state index in [4.69, 9.17) is 0 Å². The maximum absolute atomic E-state index is 12.5. The standard InChI is InChI=1S/C20H17IN2O3S/c1-2-13-5-9-16(10-6-13)22-18(24)12-23-19(25)17(27-20(23)26)11-14-3-7-15(21)8-4-14/h3-11H,2,12H2,1H3,(H,22,24). The van der Waals surface area contributed by atoms with Crippen LogP contribution in [0.15, 0.2) is 53.4 Å². The molecule has 0 bridgehead atoms. The van der Waals surface area contributed by atoms with E-state index in [9.17, 15) is 14.4 Å². The number of amides is 3. The average Bonchev–Trinajstić information content (AvgIpc) is 2.91. The first-order valence-electron chi connectivity index (χ1n) is 8.36. The number of benzene rings is 2. The van der Waals surface area contributed by atoms with E-state index in [1.807, 2.05) is 36.4 Å². The van der Waals surface area contributed by atoms with E-state index in [2.05, 4.69) is 34.8 Å². The molecule has 1 saturated heterocycles. The number of halogens is 1. The number of carbonyl (C=O) groups is 3. The normalized spacial score (nSPS) is 15.5. The Balaban J connectivity index is 1.65. The lowest BCUT2D eigenvalue weighted by Gasteiger charge is -2.12. The molecular weight excluding hydrogens is 475 g/mol. The van der Waals surface area contributed by atoms with Crippen LogP contribution in [0.25, 0.3) is 6.08 Å². The number of nitrogens with zero attached hydrogens (tertiary/aromatic N) is 1. The monoisotopic (exact) mass is 492 g/mol. The van der Waals surface area contributed by atoms with Crippen molar-refractivity contribution in [2.75, 3.05) is 11.9 Å². The van der Waals surface area contributed by atoms with Crippen LogP contribution in [-0.2, 0) is 16.0 Å². The van der Waals surface area contributed by atoms with Gasteiger partial charge >= 0.3 is 0 Å². The summed E-state index contributed by atoms with van der Waals surface area (Å²) in [5.41, 5.74) is 2.64. The van der Waals surface area contributed by atoms with Crippen LogP contribution in [0.2, 0.25) is 0 Å². The topological polar surface area (TPSA) is 66.5 Å². The fourth-order valence-corrected chi connectivity index (χ4v) is 3.71. The summed E-state index contributed by atoms with van der Waals surface area (Å²) in [6.07, 6.45) is 2.58. The van der Waals surface area contributed by atoms with Gasteiger partial charge in [0.25, 0.3) is 11.1 Å². The van der Waals surface area contributed by atoms with Crippen molar-refractivity contribution in [2.45, 2.75) is 13.3 Å². The predicted octanol–water partition coefficient (Wildman–Crippen LogP) is 4.53. The molecule has 1 fully saturated rings. The summed E-state index contributed by atoms with van der Waals surface area (Å²) in [6, 6.07) is 15.1. The number of nitrogens with one attached hydrogen (secondary N) is 1. The van der Waals surface area contributed by atoms with Gasteiger partial charge in [0, 0.05) is 9.26 Å². The molecule has 138 valence electrons. The van der Waals surface area contributed by atoms with Crippen LogP contribution in [0.5, 0.6) is 0 Å². The molecule has 2 aromatic carbocycles. The van der Waals surface area contributed by atoms with Crippen LogP contribution in [-0.4, -0.2) is 28.5 Å². The van der Waals surface area contributed by atoms with Gasteiger partial charge in [-0.25, -0.2) is 0 Å². The summed E-state index contributed by atoms with van der Waals surface area (Å²) in [5.74, 6) is -0.850. The molecule has 0 atom stereocenters. The van der Waals surface area contributed by atoms with Gasteiger partial charge in [0.1, 0.15) is 6.54 Å². The highest BCUT2D eigenvalue weighted by atomic mass is 127. The van der Waals surface area contributed by atoms with Crippen molar-refractivity contribution >= 4 is 63.2 Å². The molecule has 0 unspecified atom stereocenters. The molecule has 3 rings (SSSR count).